The van der Waals surface area contributed by atoms with Gasteiger partial charge in [0.05, 0.1) is 22.1 Å². The van der Waals surface area contributed by atoms with E-state index in [1.807, 2.05) is 0 Å². The van der Waals surface area contributed by atoms with Gasteiger partial charge < -0.3 is 27.8 Å². The summed E-state index contributed by atoms with van der Waals surface area (Å²) < 4.78 is 18.2. The summed E-state index contributed by atoms with van der Waals surface area (Å²) in [5.74, 6) is 0. The number of anilines is 6. The van der Waals surface area contributed by atoms with Crippen molar-refractivity contribution in [2.75, 3.05) is 9.80 Å². The highest BCUT2D eigenvalue weighted by Gasteiger charge is 2.23. The van der Waals surface area contributed by atoms with Crippen molar-refractivity contribution in [2.24, 2.45) is 0 Å². The molecule has 0 fully saturated rings. The Labute approximate surface area is 436 Å². The van der Waals surface area contributed by atoms with E-state index in [0.717, 1.165) is 111 Å². The van der Waals surface area contributed by atoms with Crippen LogP contribution in [0.3, 0.4) is 0 Å². The molecule has 0 radical (unpaired) electrons. The van der Waals surface area contributed by atoms with Crippen LogP contribution < -0.4 is 9.80 Å². The molecule has 0 atom stereocenters. The van der Waals surface area contributed by atoms with Crippen LogP contribution in [0.2, 0.25) is 0 Å². The summed E-state index contributed by atoms with van der Waals surface area (Å²) in [4.78, 5) is 4.72. The maximum Gasteiger partial charge on any atom is 0.136 e. The van der Waals surface area contributed by atoms with Crippen molar-refractivity contribution in [1.82, 2.24) is 9.13 Å². The summed E-state index contributed by atoms with van der Waals surface area (Å²) in [7, 11) is 0. The van der Waals surface area contributed by atoms with Gasteiger partial charge in [-0.15, -0.1) is 0 Å². The summed E-state index contributed by atoms with van der Waals surface area (Å²) in [6.45, 7) is 0. The normalized spacial score (nSPS) is 11.9. The average Bonchev–Trinajstić information content (AvgIpc) is 4.31. The van der Waals surface area contributed by atoms with E-state index in [4.69, 9.17) is 8.83 Å². The zero-order valence-corrected chi connectivity index (χ0v) is 41.0. The summed E-state index contributed by atoms with van der Waals surface area (Å²) in [5, 5.41) is 11.3. The van der Waals surface area contributed by atoms with Crippen LogP contribution in [0.4, 0.5) is 34.1 Å². The maximum absolute atomic E-state index is 6.72. The van der Waals surface area contributed by atoms with Crippen LogP contribution in [0.1, 0.15) is 0 Å². The summed E-state index contributed by atoms with van der Waals surface area (Å²) in [5.41, 5.74) is 16.5. The molecule has 4 aromatic heterocycles. The SMILES string of the molecule is c1ccc(N(c2ccc3oc4ccc5c(ccc6oc7ccc(N(c8ccccc8)c8ccc9c%10ccccc%10n(-c%10ccccc%10)c9c8)cc7c65)c4c3c2)c2ccc3c4ccccc4n(-c4ccccc4)c3c2)cc1. The van der Waals surface area contributed by atoms with Gasteiger partial charge in [0.1, 0.15) is 22.3 Å². The molecule has 0 N–H and O–H groups in total. The van der Waals surface area contributed by atoms with Gasteiger partial charge in [0, 0.05) is 88.6 Å². The molecule has 0 aliphatic carbocycles. The van der Waals surface area contributed by atoms with E-state index in [1.165, 1.54) is 32.6 Å². The van der Waals surface area contributed by atoms with Crippen LogP contribution in [-0.2, 0) is 0 Å². The molecule has 76 heavy (non-hydrogen) atoms. The zero-order valence-electron chi connectivity index (χ0n) is 41.0. The molecule has 16 rings (SSSR count). The van der Waals surface area contributed by atoms with Crippen molar-refractivity contribution in [1.29, 1.82) is 0 Å². The third-order valence-corrected chi connectivity index (χ3v) is 15.4. The van der Waals surface area contributed by atoms with Gasteiger partial charge in [-0.2, -0.15) is 0 Å². The van der Waals surface area contributed by atoms with Crippen LogP contribution >= 0.6 is 0 Å². The summed E-state index contributed by atoms with van der Waals surface area (Å²) in [6, 6.07) is 95.6. The molecule has 0 spiro atoms. The van der Waals surface area contributed by atoms with Crippen LogP contribution in [0.15, 0.2) is 276 Å². The quantitative estimate of drug-likeness (QED) is 0.152. The molecule has 0 aliphatic rings. The van der Waals surface area contributed by atoms with Crippen LogP contribution in [0, 0.1) is 0 Å². The van der Waals surface area contributed by atoms with Gasteiger partial charge in [-0.1, -0.05) is 121 Å². The number of hydrogen-bond donors (Lipinski definition) is 0. The fraction of sp³-hybridized carbons (Fsp3) is 0. The number of nitrogens with zero attached hydrogens (tertiary/aromatic N) is 4. The largest absolute Gasteiger partial charge is 0.456 e. The van der Waals surface area contributed by atoms with Gasteiger partial charge in [-0.05, 0) is 156 Å². The molecule has 0 unspecified atom stereocenters. The first-order valence-corrected chi connectivity index (χ1v) is 25.8. The number of hydrogen-bond acceptors (Lipinski definition) is 4. The fourth-order valence-corrected chi connectivity index (χ4v) is 12.2. The first-order valence-electron chi connectivity index (χ1n) is 25.8. The number of benzene rings is 12. The van der Waals surface area contributed by atoms with Crippen LogP contribution in [0.25, 0.3) is 110 Å². The minimum absolute atomic E-state index is 0.833. The molecule has 0 saturated carbocycles. The number of fused-ring (bicyclic) bond motifs is 15. The first kappa shape index (κ1) is 42.2. The number of rotatable bonds is 8. The molecule has 0 aliphatic heterocycles. The molecule has 0 amide bonds. The minimum Gasteiger partial charge on any atom is -0.456 e. The van der Waals surface area contributed by atoms with Crippen molar-refractivity contribution < 1.29 is 8.83 Å². The lowest BCUT2D eigenvalue weighted by molar-refractivity contribution is 0.668. The monoisotopic (exact) mass is 972 g/mol. The van der Waals surface area contributed by atoms with Crippen molar-refractivity contribution in [2.45, 2.75) is 0 Å². The Balaban J connectivity index is 0.870. The second-order valence-electron chi connectivity index (χ2n) is 19.7. The molecule has 12 aromatic carbocycles. The lowest BCUT2D eigenvalue weighted by Gasteiger charge is -2.26. The Morgan fingerprint density at radius 3 is 0.987 bits per heavy atom. The lowest BCUT2D eigenvalue weighted by atomic mass is 9.99. The summed E-state index contributed by atoms with van der Waals surface area (Å²) >= 11 is 0. The Morgan fingerprint density at radius 2 is 0.553 bits per heavy atom. The highest BCUT2D eigenvalue weighted by atomic mass is 16.3. The maximum atomic E-state index is 6.72. The van der Waals surface area contributed by atoms with Gasteiger partial charge in [0.25, 0.3) is 0 Å². The topological polar surface area (TPSA) is 42.6 Å². The van der Waals surface area contributed by atoms with Crippen LogP contribution in [-0.4, -0.2) is 9.13 Å². The van der Waals surface area contributed by atoms with E-state index < -0.39 is 0 Å². The molecule has 356 valence electrons. The van der Waals surface area contributed by atoms with Gasteiger partial charge >= 0.3 is 0 Å². The molecule has 0 saturated heterocycles. The van der Waals surface area contributed by atoms with Gasteiger partial charge in [0.2, 0.25) is 0 Å². The van der Waals surface area contributed by atoms with E-state index in [-0.39, 0.29) is 0 Å². The number of furan rings is 2. The van der Waals surface area contributed by atoms with E-state index in [0.29, 0.717) is 0 Å². The Morgan fingerprint density at radius 1 is 0.224 bits per heavy atom. The first-order chi connectivity index (χ1) is 37.7. The minimum atomic E-state index is 0.833. The molecular weight excluding hydrogens is 929 g/mol. The fourth-order valence-electron chi connectivity index (χ4n) is 12.2. The van der Waals surface area contributed by atoms with Crippen molar-refractivity contribution in [3.05, 3.63) is 267 Å². The van der Waals surface area contributed by atoms with Gasteiger partial charge in [-0.25, -0.2) is 0 Å². The third kappa shape index (κ3) is 6.41. The zero-order chi connectivity index (χ0) is 49.8. The van der Waals surface area contributed by atoms with Crippen molar-refractivity contribution in [3.8, 4) is 11.4 Å². The van der Waals surface area contributed by atoms with E-state index in [2.05, 4.69) is 286 Å². The third-order valence-electron chi connectivity index (χ3n) is 15.4. The van der Waals surface area contributed by atoms with Crippen molar-refractivity contribution >= 4 is 132 Å². The highest BCUT2D eigenvalue weighted by molar-refractivity contribution is 6.28. The number of para-hydroxylation sites is 6. The van der Waals surface area contributed by atoms with E-state index in [1.54, 1.807) is 0 Å². The lowest BCUT2D eigenvalue weighted by Crippen LogP contribution is -2.10. The Hall–Kier alpha value is -10.3. The predicted octanol–water partition coefficient (Wildman–Crippen LogP) is 19.8. The molecule has 6 heteroatoms. The Bertz CT molecular complexity index is 4620. The molecule has 6 nitrogen and oxygen atoms in total. The van der Waals surface area contributed by atoms with Gasteiger partial charge in [-0.3, -0.25) is 0 Å². The standard InChI is InChI=1S/C70H44N4O2/c1-5-17-45(18-6-1)71(51-29-33-55-53-25-13-15-27-61(53)73(63(55)43-51)47-21-9-3-10-22-47)49-31-37-65-59(41-49)69-57-35-40-68-70(58(57)36-39-67(69)75-65)60-42-50(32-38-66(60)76-68)72(46-19-7-2-8-20-46)52-30-34-56-54-26-14-16-28-62(54)74(64(56)44-52)48-23-11-4-12-24-48/h1-44H. The summed E-state index contributed by atoms with van der Waals surface area (Å²) in [6.07, 6.45) is 0. The van der Waals surface area contributed by atoms with Crippen LogP contribution in [0.5, 0.6) is 0 Å². The smallest absolute Gasteiger partial charge is 0.136 e. The Kier molecular flexibility index (Phi) is 9.23. The average molecular weight is 973 g/mol. The highest BCUT2D eigenvalue weighted by Crippen LogP contribution is 2.47. The molecule has 0 bridgehead atoms. The second-order valence-corrected chi connectivity index (χ2v) is 19.7. The molecule has 4 heterocycles. The molecule has 16 aromatic rings. The van der Waals surface area contributed by atoms with Gasteiger partial charge in [0.15, 0.2) is 0 Å². The second kappa shape index (κ2) is 16.6. The number of aromatic nitrogens is 2. The molecular formula is C70H44N4O2. The van der Waals surface area contributed by atoms with E-state index in [9.17, 15) is 0 Å². The van der Waals surface area contributed by atoms with Crippen molar-refractivity contribution in [3.63, 3.8) is 0 Å². The van der Waals surface area contributed by atoms with E-state index >= 15 is 0 Å². The predicted molar refractivity (Wildman–Crippen MR) is 317 cm³/mol.